The van der Waals surface area contributed by atoms with Crippen LogP contribution >= 0.6 is 0 Å². The van der Waals surface area contributed by atoms with Crippen LogP contribution < -0.4 is 18.9 Å². The second-order valence-corrected chi connectivity index (χ2v) is 32.4. The van der Waals surface area contributed by atoms with E-state index in [1.165, 1.54) is 9.80 Å². The topological polar surface area (TPSA) is 112 Å². The van der Waals surface area contributed by atoms with Crippen LogP contribution in [0.5, 0.6) is 46.0 Å². The van der Waals surface area contributed by atoms with Gasteiger partial charge in [-0.3, -0.25) is 29.0 Å². The standard InChI is InChI=1S/C100H98N2O8/c1-13-17-31-63(15-3)61-101-93(103)77-57-81(107-73-49-41-69(42-50-73)97(5,6)65-33-23-19-24-34-65)87-89-83(109-75-53-45-71(46-54-75)99(9,10)67-37-27-21-28-38-67)59-79-86-80(96(106)102(95(79)105)62-64(16-4)32-18-14-2)60-84(110-76-55-47-72(48-56-76)100(11,12)68-39-29-22-30-40-68)90(92(86)89)88-82(58-78(94(101)104)85(77)91(87)88)108-74-51-43-70(44-52-74)98(7,8)66-35-25-20-26-36-66/h19-30,33-60,63-64H,13-18,31-32,61-62H2,1-12H3. The number of imide groups is 2. The summed E-state index contributed by atoms with van der Waals surface area (Å²) in [6.45, 7) is 26.6. The molecule has 0 spiro atoms. The smallest absolute Gasteiger partial charge is 0.261 e. The molecule has 13 aromatic carbocycles. The lowest BCUT2D eigenvalue weighted by atomic mass is 9.78. The third kappa shape index (κ3) is 13.4. The van der Waals surface area contributed by atoms with Crippen LogP contribution in [0, 0.1) is 11.8 Å². The quantitative estimate of drug-likeness (QED) is 0.0271. The molecule has 2 atom stereocenters. The molecular weight excluding hydrogens is 1360 g/mol. The van der Waals surface area contributed by atoms with Gasteiger partial charge in [-0.2, -0.15) is 0 Å². The molecule has 0 aliphatic carbocycles. The first kappa shape index (κ1) is 74.1. The van der Waals surface area contributed by atoms with Crippen molar-refractivity contribution in [3.8, 4) is 46.0 Å². The average Bonchev–Trinajstić information content (AvgIpc) is 0.671. The second-order valence-electron chi connectivity index (χ2n) is 32.4. The molecule has 10 nitrogen and oxygen atoms in total. The Kier molecular flexibility index (Phi) is 20.1. The molecule has 0 bridgehead atoms. The summed E-state index contributed by atoms with van der Waals surface area (Å²) < 4.78 is 30.2. The maximum Gasteiger partial charge on any atom is 0.261 e. The number of carbonyl (C=O) groups excluding carboxylic acids is 4. The highest BCUT2D eigenvalue weighted by Gasteiger charge is 2.43. The van der Waals surface area contributed by atoms with Gasteiger partial charge in [-0.05, 0) is 142 Å². The monoisotopic (exact) mass is 1450 g/mol. The number of unbranched alkanes of at least 4 members (excludes halogenated alkanes) is 2. The van der Waals surface area contributed by atoms with Gasteiger partial charge < -0.3 is 18.9 Å². The van der Waals surface area contributed by atoms with Gasteiger partial charge in [0, 0.05) is 77.8 Å². The molecule has 2 unspecified atom stereocenters. The minimum Gasteiger partial charge on any atom is -0.457 e. The summed E-state index contributed by atoms with van der Waals surface area (Å²) in [5.41, 5.74) is 8.28. The SMILES string of the molecule is CCCCC(CC)CN1C(=O)c2cc(Oc3ccc(C(C)(C)c4ccccc4)cc3)c3c4c(Oc5ccc(C(C)(C)c6ccccc6)cc5)cc5c6c(cc(Oc7ccc(C(C)(C)c8ccccc8)cc7)c(c7c(Oc8ccc(C(C)(C)c9ccccc9)cc8)cc(c2c37)C1=O)c64)C(=O)N(CC(CC)CCCC)C5=O. The molecule has 0 N–H and O–H groups in total. The van der Waals surface area contributed by atoms with E-state index in [2.05, 4.69) is 229 Å². The summed E-state index contributed by atoms with van der Waals surface area (Å²) in [5, 5.41) is 3.57. The van der Waals surface area contributed by atoms with E-state index in [0.717, 1.165) is 95.9 Å². The van der Waals surface area contributed by atoms with E-state index in [0.29, 0.717) is 66.1 Å². The molecule has 0 fully saturated rings. The molecule has 15 rings (SSSR count). The molecule has 10 heteroatoms. The summed E-state index contributed by atoms with van der Waals surface area (Å²) in [4.78, 5) is 67.9. The van der Waals surface area contributed by atoms with Crippen molar-refractivity contribution in [3.05, 3.63) is 309 Å². The van der Waals surface area contributed by atoms with Crippen LogP contribution in [0.4, 0.5) is 0 Å². The highest BCUT2D eigenvalue weighted by Crippen LogP contribution is 2.59. The highest BCUT2D eigenvalue weighted by molar-refractivity contribution is 6.45. The third-order valence-electron chi connectivity index (χ3n) is 24.2. The van der Waals surface area contributed by atoms with Crippen molar-refractivity contribution >= 4 is 66.7 Å². The van der Waals surface area contributed by atoms with Crippen molar-refractivity contribution in [2.45, 2.75) is 156 Å². The number of nitrogens with zero attached hydrogens (tertiary/aromatic N) is 2. The Bertz CT molecular complexity index is 4920. The molecule has 0 saturated carbocycles. The number of hydrogen-bond donors (Lipinski definition) is 0. The lowest BCUT2D eigenvalue weighted by Gasteiger charge is -2.34. The van der Waals surface area contributed by atoms with Gasteiger partial charge in [0.25, 0.3) is 23.6 Å². The van der Waals surface area contributed by atoms with Crippen molar-refractivity contribution < 1.29 is 38.1 Å². The molecule has 0 aromatic heterocycles. The fourth-order valence-corrected chi connectivity index (χ4v) is 17.0. The Morgan fingerprint density at radius 3 is 0.682 bits per heavy atom. The van der Waals surface area contributed by atoms with E-state index >= 15 is 19.2 Å². The zero-order valence-corrected chi connectivity index (χ0v) is 65.5. The van der Waals surface area contributed by atoms with Crippen molar-refractivity contribution in [2.75, 3.05) is 13.1 Å². The van der Waals surface area contributed by atoms with Crippen LogP contribution in [0.1, 0.15) is 220 Å². The fraction of sp³-hybridized carbons (Fsp3) is 0.280. The molecular formula is C100H98N2O8. The number of carbonyl (C=O) groups is 4. The third-order valence-corrected chi connectivity index (χ3v) is 24.2. The molecule has 4 amide bonds. The van der Waals surface area contributed by atoms with E-state index in [-0.39, 0.29) is 70.2 Å². The molecule has 2 aliphatic heterocycles. The van der Waals surface area contributed by atoms with Crippen LogP contribution in [0.25, 0.3) is 43.1 Å². The molecule has 556 valence electrons. The molecule has 2 aliphatic rings. The minimum absolute atomic E-state index is 0.0226. The van der Waals surface area contributed by atoms with Crippen LogP contribution in [-0.2, 0) is 21.7 Å². The zero-order chi connectivity index (χ0) is 77.0. The number of rotatable bonds is 28. The Morgan fingerprint density at radius 1 is 0.273 bits per heavy atom. The van der Waals surface area contributed by atoms with E-state index in [4.69, 9.17) is 18.9 Å². The average molecular weight is 1460 g/mol. The Labute approximate surface area is 647 Å². The van der Waals surface area contributed by atoms with Crippen molar-refractivity contribution in [3.63, 3.8) is 0 Å². The fourth-order valence-electron chi connectivity index (χ4n) is 17.0. The largest absolute Gasteiger partial charge is 0.457 e. The first-order valence-corrected chi connectivity index (χ1v) is 39.5. The number of amides is 4. The Morgan fingerprint density at radius 2 is 0.482 bits per heavy atom. The molecule has 2 heterocycles. The van der Waals surface area contributed by atoms with Crippen molar-refractivity contribution in [1.29, 1.82) is 0 Å². The van der Waals surface area contributed by atoms with Crippen LogP contribution in [0.2, 0.25) is 0 Å². The zero-order valence-electron chi connectivity index (χ0n) is 65.5. The highest BCUT2D eigenvalue weighted by atomic mass is 16.5. The summed E-state index contributed by atoms with van der Waals surface area (Å²) in [6.07, 6.45) is 6.98. The van der Waals surface area contributed by atoms with Crippen LogP contribution in [0.15, 0.2) is 243 Å². The van der Waals surface area contributed by atoms with Crippen LogP contribution in [0.3, 0.4) is 0 Å². The second kappa shape index (κ2) is 29.9. The van der Waals surface area contributed by atoms with Gasteiger partial charge in [0.2, 0.25) is 0 Å². The predicted molar refractivity (Wildman–Crippen MR) is 445 cm³/mol. The molecule has 110 heavy (non-hydrogen) atoms. The summed E-state index contributed by atoms with van der Waals surface area (Å²) in [5.74, 6) is 1.21. The molecule has 13 aromatic rings. The lowest BCUT2D eigenvalue weighted by molar-refractivity contribution is 0.0565. The normalized spacial score (nSPS) is 14.0. The molecule has 0 saturated heterocycles. The maximum atomic E-state index is 16.3. The van der Waals surface area contributed by atoms with Gasteiger partial charge in [-0.15, -0.1) is 0 Å². The number of hydrogen-bond acceptors (Lipinski definition) is 8. The van der Waals surface area contributed by atoms with E-state index < -0.39 is 45.3 Å². The van der Waals surface area contributed by atoms with E-state index in [9.17, 15) is 0 Å². The van der Waals surface area contributed by atoms with E-state index in [1.54, 1.807) is 24.3 Å². The van der Waals surface area contributed by atoms with Crippen molar-refractivity contribution in [2.24, 2.45) is 11.8 Å². The Hall–Kier alpha value is -11.4. The first-order chi connectivity index (χ1) is 53.0. The lowest BCUT2D eigenvalue weighted by Crippen LogP contribution is -2.43. The van der Waals surface area contributed by atoms with Gasteiger partial charge in [0.1, 0.15) is 46.0 Å². The molecule has 0 radical (unpaired) electrons. The van der Waals surface area contributed by atoms with Gasteiger partial charge >= 0.3 is 0 Å². The minimum atomic E-state index is -0.452. The van der Waals surface area contributed by atoms with Gasteiger partial charge in [-0.25, -0.2) is 0 Å². The summed E-state index contributed by atoms with van der Waals surface area (Å²) >= 11 is 0. The van der Waals surface area contributed by atoms with Gasteiger partial charge in [0.05, 0.1) is 22.3 Å². The first-order valence-electron chi connectivity index (χ1n) is 39.5. The summed E-state index contributed by atoms with van der Waals surface area (Å²) in [6, 6.07) is 81.2. The van der Waals surface area contributed by atoms with Gasteiger partial charge in [0.15, 0.2) is 0 Å². The van der Waals surface area contributed by atoms with Gasteiger partial charge in [-0.1, -0.05) is 291 Å². The van der Waals surface area contributed by atoms with Crippen LogP contribution in [-0.4, -0.2) is 46.5 Å². The van der Waals surface area contributed by atoms with Crippen molar-refractivity contribution in [1.82, 2.24) is 9.80 Å². The van der Waals surface area contributed by atoms with E-state index in [1.807, 2.05) is 72.8 Å². The predicted octanol–water partition coefficient (Wildman–Crippen LogP) is 25.8. The summed E-state index contributed by atoms with van der Waals surface area (Å²) in [7, 11) is 0. The maximum absolute atomic E-state index is 16.3. The number of fused-ring (bicyclic) bond motifs is 2. The number of ether oxygens (including phenoxy) is 4. The Balaban J connectivity index is 1.07. The number of benzene rings is 13.